The summed E-state index contributed by atoms with van der Waals surface area (Å²) in [5.41, 5.74) is 5.69. The largest absolute Gasteiger partial charge is 0.324 e. The molecule has 1 amide bonds. The molecule has 1 aliphatic rings. The number of carbonyl (C=O) groups is 1. The lowest BCUT2D eigenvalue weighted by atomic mass is 9.96. The van der Waals surface area contributed by atoms with Gasteiger partial charge in [-0.3, -0.25) is 4.79 Å². The van der Waals surface area contributed by atoms with Crippen LogP contribution in [-0.4, -0.2) is 26.4 Å². The van der Waals surface area contributed by atoms with Crippen LogP contribution in [0.2, 0.25) is 0 Å². The number of nitrogens with two attached hydrogens (primary N) is 1. The number of carbonyl (C=O) groups excluding carboxylic acids is 1. The highest BCUT2D eigenvalue weighted by atomic mass is 32.2. The summed E-state index contributed by atoms with van der Waals surface area (Å²) >= 11 is 0. The Morgan fingerprint density at radius 2 is 1.90 bits per heavy atom. The predicted molar refractivity (Wildman–Crippen MR) is 81.3 cm³/mol. The summed E-state index contributed by atoms with van der Waals surface area (Å²) in [6.07, 6.45) is 1.95. The van der Waals surface area contributed by atoms with Crippen molar-refractivity contribution in [3.05, 3.63) is 24.3 Å². The van der Waals surface area contributed by atoms with Gasteiger partial charge in [0.1, 0.15) is 0 Å². The van der Waals surface area contributed by atoms with E-state index in [0.29, 0.717) is 12.2 Å². The van der Waals surface area contributed by atoms with Gasteiger partial charge in [0, 0.05) is 12.2 Å². The molecule has 1 fully saturated rings. The molecule has 0 aliphatic heterocycles. The van der Waals surface area contributed by atoms with E-state index in [-0.39, 0.29) is 16.7 Å². The Morgan fingerprint density at radius 3 is 2.38 bits per heavy atom. The molecule has 1 aromatic carbocycles. The van der Waals surface area contributed by atoms with Crippen molar-refractivity contribution in [2.24, 2.45) is 11.7 Å². The molecule has 0 bridgehead atoms. The molecule has 1 unspecified atom stereocenters. The van der Waals surface area contributed by atoms with E-state index in [1.54, 1.807) is 26.0 Å². The van der Waals surface area contributed by atoms with Gasteiger partial charge in [0.25, 0.3) is 0 Å². The zero-order valence-electron chi connectivity index (χ0n) is 12.2. The third-order valence-corrected chi connectivity index (χ3v) is 5.23. The van der Waals surface area contributed by atoms with Gasteiger partial charge in [-0.25, -0.2) is 13.1 Å². The second-order valence-electron chi connectivity index (χ2n) is 5.54. The van der Waals surface area contributed by atoms with Crippen molar-refractivity contribution < 1.29 is 13.2 Å². The van der Waals surface area contributed by atoms with Crippen molar-refractivity contribution in [3.63, 3.8) is 0 Å². The van der Waals surface area contributed by atoms with E-state index in [1.807, 2.05) is 0 Å². The molecule has 0 saturated heterocycles. The van der Waals surface area contributed by atoms with Gasteiger partial charge in [-0.15, -0.1) is 0 Å². The van der Waals surface area contributed by atoms with Crippen molar-refractivity contribution in [1.82, 2.24) is 4.72 Å². The number of anilines is 1. The van der Waals surface area contributed by atoms with E-state index in [1.165, 1.54) is 12.1 Å². The summed E-state index contributed by atoms with van der Waals surface area (Å²) in [5, 5.41) is 2.74. The quantitative estimate of drug-likeness (QED) is 0.731. The highest BCUT2D eigenvalue weighted by molar-refractivity contribution is 7.89. The van der Waals surface area contributed by atoms with Crippen LogP contribution in [0.15, 0.2) is 29.2 Å². The van der Waals surface area contributed by atoms with Crippen molar-refractivity contribution in [3.8, 4) is 0 Å². The normalized spacial score (nSPS) is 18.0. The number of benzene rings is 1. The fourth-order valence-corrected chi connectivity index (χ4v) is 3.17. The Labute approximate surface area is 125 Å². The van der Waals surface area contributed by atoms with Gasteiger partial charge in [-0.2, -0.15) is 0 Å². The minimum absolute atomic E-state index is 0.167. The van der Waals surface area contributed by atoms with Crippen molar-refractivity contribution in [2.45, 2.75) is 37.1 Å². The standard InChI is InChI=1S/C14H21N3O3S/c1-3-16-21(19,20)12-8-6-11(7-9-12)17-13(18)14(2,15)10-4-5-10/h6-10,16H,3-5,15H2,1-2H3,(H,17,18). The second kappa shape index (κ2) is 5.75. The first-order valence-electron chi connectivity index (χ1n) is 6.97. The van der Waals surface area contributed by atoms with Crippen LogP contribution in [-0.2, 0) is 14.8 Å². The molecule has 6 nitrogen and oxygen atoms in total. The van der Waals surface area contributed by atoms with Crippen LogP contribution in [0.25, 0.3) is 0 Å². The van der Waals surface area contributed by atoms with Crippen LogP contribution in [0.3, 0.4) is 0 Å². The SMILES string of the molecule is CCNS(=O)(=O)c1ccc(NC(=O)C(C)(N)C2CC2)cc1. The number of nitrogens with one attached hydrogen (secondary N) is 2. The molecule has 0 radical (unpaired) electrons. The van der Waals surface area contributed by atoms with Crippen LogP contribution >= 0.6 is 0 Å². The van der Waals surface area contributed by atoms with E-state index in [0.717, 1.165) is 12.8 Å². The molecule has 21 heavy (non-hydrogen) atoms. The zero-order valence-corrected chi connectivity index (χ0v) is 13.0. The smallest absolute Gasteiger partial charge is 0.244 e. The Balaban J connectivity index is 2.08. The molecule has 4 N–H and O–H groups in total. The molecule has 116 valence electrons. The average molecular weight is 311 g/mol. The highest BCUT2D eigenvalue weighted by Gasteiger charge is 2.44. The minimum Gasteiger partial charge on any atom is -0.324 e. The summed E-state index contributed by atoms with van der Waals surface area (Å²) in [7, 11) is -3.47. The van der Waals surface area contributed by atoms with Gasteiger partial charge in [-0.1, -0.05) is 6.92 Å². The number of sulfonamides is 1. The van der Waals surface area contributed by atoms with E-state index in [2.05, 4.69) is 10.0 Å². The maximum atomic E-state index is 12.1. The molecule has 7 heteroatoms. The number of hydrogen-bond acceptors (Lipinski definition) is 4. The van der Waals surface area contributed by atoms with Gasteiger partial charge in [0.05, 0.1) is 10.4 Å². The topological polar surface area (TPSA) is 101 Å². The summed E-state index contributed by atoms with van der Waals surface area (Å²) in [4.78, 5) is 12.3. The van der Waals surface area contributed by atoms with Crippen molar-refractivity contribution >= 4 is 21.6 Å². The maximum absolute atomic E-state index is 12.1. The number of amides is 1. The number of hydrogen-bond donors (Lipinski definition) is 3. The highest BCUT2D eigenvalue weighted by Crippen LogP contribution is 2.38. The van der Waals surface area contributed by atoms with Crippen LogP contribution in [0.5, 0.6) is 0 Å². The lowest BCUT2D eigenvalue weighted by Crippen LogP contribution is -2.50. The molecule has 1 atom stereocenters. The second-order valence-corrected chi connectivity index (χ2v) is 7.30. The van der Waals surface area contributed by atoms with Crippen molar-refractivity contribution in [2.75, 3.05) is 11.9 Å². The minimum atomic E-state index is -3.47. The maximum Gasteiger partial charge on any atom is 0.244 e. The van der Waals surface area contributed by atoms with Gasteiger partial charge >= 0.3 is 0 Å². The lowest BCUT2D eigenvalue weighted by Gasteiger charge is -2.23. The van der Waals surface area contributed by atoms with Crippen molar-refractivity contribution in [1.29, 1.82) is 0 Å². The van der Waals surface area contributed by atoms with Gasteiger partial charge in [0.2, 0.25) is 15.9 Å². The summed E-state index contributed by atoms with van der Waals surface area (Å²) in [5.74, 6) is -0.0156. The van der Waals surface area contributed by atoms with Crippen LogP contribution in [0, 0.1) is 5.92 Å². The predicted octanol–water partition coefficient (Wildman–Crippen LogP) is 1.05. The fourth-order valence-electron chi connectivity index (χ4n) is 2.12. The van der Waals surface area contributed by atoms with E-state index < -0.39 is 15.6 Å². The van der Waals surface area contributed by atoms with E-state index in [4.69, 9.17) is 5.73 Å². The zero-order chi connectivity index (χ0) is 15.7. The van der Waals surface area contributed by atoms with Gasteiger partial charge in [-0.05, 0) is 49.9 Å². The monoisotopic (exact) mass is 311 g/mol. The summed E-state index contributed by atoms with van der Waals surface area (Å²) in [6.45, 7) is 3.77. The Kier molecular flexibility index (Phi) is 4.36. The van der Waals surface area contributed by atoms with Crippen LogP contribution in [0.1, 0.15) is 26.7 Å². The van der Waals surface area contributed by atoms with Crippen LogP contribution in [0.4, 0.5) is 5.69 Å². The first-order valence-corrected chi connectivity index (χ1v) is 8.45. The third kappa shape index (κ3) is 3.61. The molecular formula is C14H21N3O3S. The molecular weight excluding hydrogens is 290 g/mol. The van der Waals surface area contributed by atoms with E-state index in [9.17, 15) is 13.2 Å². The van der Waals surface area contributed by atoms with E-state index >= 15 is 0 Å². The fraction of sp³-hybridized carbons (Fsp3) is 0.500. The summed E-state index contributed by atoms with van der Waals surface area (Å²) in [6, 6.07) is 6.04. The summed E-state index contributed by atoms with van der Waals surface area (Å²) < 4.78 is 26.0. The molecule has 2 rings (SSSR count). The first-order chi connectivity index (χ1) is 9.77. The third-order valence-electron chi connectivity index (χ3n) is 3.67. The Hall–Kier alpha value is -1.44. The molecule has 1 aromatic rings. The molecule has 1 aliphatic carbocycles. The van der Waals surface area contributed by atoms with Crippen LogP contribution < -0.4 is 15.8 Å². The Bertz CT molecular complexity index is 619. The average Bonchev–Trinajstić information content (AvgIpc) is 3.23. The first kappa shape index (κ1) is 15.9. The van der Waals surface area contributed by atoms with Gasteiger partial charge in [0.15, 0.2) is 0 Å². The molecule has 0 heterocycles. The number of rotatable bonds is 6. The lowest BCUT2D eigenvalue weighted by molar-refractivity contribution is -0.121. The molecule has 0 spiro atoms. The van der Waals surface area contributed by atoms with Gasteiger partial charge < -0.3 is 11.1 Å². The molecule has 1 saturated carbocycles. The molecule has 0 aromatic heterocycles. The Morgan fingerprint density at radius 1 is 1.33 bits per heavy atom.